The highest BCUT2D eigenvalue weighted by atomic mass is 16.3. The zero-order valence-corrected chi connectivity index (χ0v) is 21.8. The van der Waals surface area contributed by atoms with Crippen LogP contribution in [0, 0.1) is 6.92 Å². The van der Waals surface area contributed by atoms with Crippen LogP contribution in [0.3, 0.4) is 0 Å². The lowest BCUT2D eigenvalue weighted by Crippen LogP contribution is -2.29. The Balaban J connectivity index is 1.64. The van der Waals surface area contributed by atoms with E-state index < -0.39 is 17.7 Å². The third kappa shape index (κ3) is 4.55. The monoisotopic (exact) mass is 494 g/mol. The van der Waals surface area contributed by atoms with E-state index in [1.165, 1.54) is 22.4 Å². The maximum absolute atomic E-state index is 13.5. The minimum Gasteiger partial charge on any atom is -0.507 e. The Morgan fingerprint density at radius 1 is 0.919 bits per heavy atom. The smallest absolute Gasteiger partial charge is 0.300 e. The van der Waals surface area contributed by atoms with E-state index >= 15 is 0 Å². The van der Waals surface area contributed by atoms with Gasteiger partial charge in [-0.1, -0.05) is 42.0 Å². The second-order valence-electron chi connectivity index (χ2n) is 9.96. The van der Waals surface area contributed by atoms with Gasteiger partial charge >= 0.3 is 0 Å². The summed E-state index contributed by atoms with van der Waals surface area (Å²) in [7, 11) is 0. The molecule has 0 saturated carbocycles. The fraction of sp³-hybridized carbons (Fsp3) is 0.312. The van der Waals surface area contributed by atoms with Crippen LogP contribution in [0.15, 0.2) is 72.3 Å². The van der Waals surface area contributed by atoms with Crippen molar-refractivity contribution in [2.24, 2.45) is 0 Å². The Hall–Kier alpha value is -3.86. The average molecular weight is 495 g/mol. The van der Waals surface area contributed by atoms with Crippen molar-refractivity contribution >= 4 is 28.8 Å². The summed E-state index contributed by atoms with van der Waals surface area (Å²) in [6.45, 7) is 7.95. The number of aliphatic hydroxyl groups is 1. The second-order valence-corrected chi connectivity index (χ2v) is 9.96. The lowest BCUT2D eigenvalue weighted by atomic mass is 9.88. The first-order chi connectivity index (χ1) is 17.9. The quantitative estimate of drug-likeness (QED) is 0.247. The topological polar surface area (TPSA) is 60.9 Å². The molecule has 5 heteroatoms. The molecule has 2 aliphatic rings. The van der Waals surface area contributed by atoms with E-state index in [9.17, 15) is 14.7 Å². The van der Waals surface area contributed by atoms with Crippen molar-refractivity contribution < 1.29 is 14.7 Å². The Kier molecular flexibility index (Phi) is 6.88. The van der Waals surface area contributed by atoms with Gasteiger partial charge < -0.3 is 10.0 Å². The number of anilines is 2. The van der Waals surface area contributed by atoms with Crippen molar-refractivity contribution in [2.75, 3.05) is 22.9 Å². The van der Waals surface area contributed by atoms with Crippen molar-refractivity contribution in [1.29, 1.82) is 0 Å². The average Bonchev–Trinajstić information content (AvgIpc) is 3.19. The summed E-state index contributed by atoms with van der Waals surface area (Å²) in [6, 6.07) is 20.8. The van der Waals surface area contributed by atoms with Crippen LogP contribution in [0.4, 0.5) is 11.4 Å². The summed E-state index contributed by atoms with van der Waals surface area (Å²) in [5.41, 5.74) is 6.75. The lowest BCUT2D eigenvalue weighted by molar-refractivity contribution is -0.132. The maximum atomic E-state index is 13.5. The van der Waals surface area contributed by atoms with E-state index in [0.717, 1.165) is 49.2 Å². The number of hydrogen-bond donors (Lipinski definition) is 1. The van der Waals surface area contributed by atoms with E-state index in [1.54, 1.807) is 0 Å². The number of fused-ring (bicyclic) bond motifs is 1. The van der Waals surface area contributed by atoms with Gasteiger partial charge in [-0.3, -0.25) is 14.5 Å². The predicted molar refractivity (Wildman–Crippen MR) is 149 cm³/mol. The molecule has 3 aromatic carbocycles. The molecule has 1 amide bonds. The Morgan fingerprint density at radius 2 is 1.62 bits per heavy atom. The molecular formula is C32H34N2O3. The molecule has 0 bridgehead atoms. The number of carbonyl (C=O) groups excluding carboxylic acids is 2. The Labute approximate surface area is 219 Å². The van der Waals surface area contributed by atoms with Gasteiger partial charge in [0.15, 0.2) is 0 Å². The van der Waals surface area contributed by atoms with Gasteiger partial charge in [0.1, 0.15) is 5.76 Å². The number of carbonyl (C=O) groups is 2. The van der Waals surface area contributed by atoms with Gasteiger partial charge in [0.25, 0.3) is 11.7 Å². The molecule has 37 heavy (non-hydrogen) atoms. The van der Waals surface area contributed by atoms with Crippen LogP contribution in [-0.2, 0) is 22.4 Å². The van der Waals surface area contributed by atoms with Gasteiger partial charge in [0.05, 0.1) is 11.6 Å². The minimum absolute atomic E-state index is 0.111. The van der Waals surface area contributed by atoms with E-state index in [1.807, 2.05) is 73.7 Å². The molecule has 1 atom stereocenters. The van der Waals surface area contributed by atoms with Gasteiger partial charge in [-0.25, -0.2) is 0 Å². The van der Waals surface area contributed by atoms with Crippen molar-refractivity contribution in [3.05, 3.63) is 100 Å². The number of Topliss-reactive ketones (excluding diaryl/α,β-unsaturated/α-hetero) is 1. The SMILES string of the molecule is CCN(CC)c1ccc(N2C(=O)C(=O)/C(=C(\O)c3ccc4c(c3)CCCC4)C2c2cccc(C)c2)cc1. The fourth-order valence-electron chi connectivity index (χ4n) is 5.70. The van der Waals surface area contributed by atoms with Gasteiger partial charge in [-0.05, 0) is 93.5 Å². The molecule has 0 radical (unpaired) electrons. The summed E-state index contributed by atoms with van der Waals surface area (Å²) in [6.07, 6.45) is 4.29. The summed E-state index contributed by atoms with van der Waals surface area (Å²) >= 11 is 0. The maximum Gasteiger partial charge on any atom is 0.300 e. The van der Waals surface area contributed by atoms with Crippen LogP contribution < -0.4 is 9.80 Å². The minimum atomic E-state index is -0.713. The van der Waals surface area contributed by atoms with E-state index in [2.05, 4.69) is 18.7 Å². The number of amides is 1. The molecule has 1 saturated heterocycles. The molecule has 1 unspecified atom stereocenters. The third-order valence-corrected chi connectivity index (χ3v) is 7.68. The van der Waals surface area contributed by atoms with Crippen LogP contribution in [0.5, 0.6) is 0 Å². The van der Waals surface area contributed by atoms with Crippen molar-refractivity contribution in [3.63, 3.8) is 0 Å². The molecule has 0 spiro atoms. The standard InChI is InChI=1S/C32H34N2O3/c1-4-33(5-2)26-15-17-27(18-16-26)34-29(24-12-8-9-21(3)19-24)28(31(36)32(34)37)30(35)25-14-13-22-10-6-7-11-23(22)20-25/h8-9,12-20,29,35H,4-7,10-11H2,1-3H3/b30-28-. The summed E-state index contributed by atoms with van der Waals surface area (Å²) in [5, 5.41) is 11.5. The van der Waals surface area contributed by atoms with Gasteiger partial charge in [0.2, 0.25) is 0 Å². The fourth-order valence-corrected chi connectivity index (χ4v) is 5.70. The molecule has 1 fully saturated rings. The molecule has 3 aromatic rings. The lowest BCUT2D eigenvalue weighted by Gasteiger charge is -2.27. The van der Waals surface area contributed by atoms with E-state index in [0.29, 0.717) is 11.3 Å². The second kappa shape index (κ2) is 10.3. The van der Waals surface area contributed by atoms with Crippen LogP contribution in [0.1, 0.15) is 60.5 Å². The predicted octanol–water partition coefficient (Wildman–Crippen LogP) is 6.35. The van der Waals surface area contributed by atoms with Crippen molar-refractivity contribution in [1.82, 2.24) is 0 Å². The van der Waals surface area contributed by atoms with E-state index in [-0.39, 0.29) is 11.3 Å². The summed E-state index contributed by atoms with van der Waals surface area (Å²) < 4.78 is 0. The number of hydrogen-bond acceptors (Lipinski definition) is 4. The van der Waals surface area contributed by atoms with Gasteiger partial charge in [-0.15, -0.1) is 0 Å². The molecular weight excluding hydrogens is 460 g/mol. The Bertz CT molecular complexity index is 1370. The first-order valence-electron chi connectivity index (χ1n) is 13.3. The zero-order valence-electron chi connectivity index (χ0n) is 21.8. The van der Waals surface area contributed by atoms with Gasteiger partial charge in [-0.2, -0.15) is 0 Å². The van der Waals surface area contributed by atoms with Gasteiger partial charge in [0, 0.05) is 30.0 Å². The number of nitrogens with zero attached hydrogens (tertiary/aromatic N) is 2. The van der Waals surface area contributed by atoms with Crippen LogP contribution in [0.25, 0.3) is 5.76 Å². The molecule has 5 nitrogen and oxygen atoms in total. The molecule has 190 valence electrons. The highest BCUT2D eigenvalue weighted by Gasteiger charge is 2.47. The number of aryl methyl sites for hydroxylation is 3. The first kappa shape index (κ1) is 24.8. The molecule has 1 N–H and O–H groups in total. The number of aliphatic hydroxyl groups excluding tert-OH is 1. The van der Waals surface area contributed by atoms with Crippen molar-refractivity contribution in [3.8, 4) is 0 Å². The van der Waals surface area contributed by atoms with Crippen molar-refractivity contribution in [2.45, 2.75) is 52.5 Å². The molecule has 1 aliphatic heterocycles. The highest BCUT2D eigenvalue weighted by Crippen LogP contribution is 2.43. The molecule has 1 heterocycles. The Morgan fingerprint density at radius 3 is 2.30 bits per heavy atom. The zero-order chi connectivity index (χ0) is 26.1. The summed E-state index contributed by atoms with van der Waals surface area (Å²) in [5.74, 6) is -1.39. The molecule has 5 rings (SSSR count). The van der Waals surface area contributed by atoms with E-state index in [4.69, 9.17) is 0 Å². The normalized spacial score (nSPS) is 18.7. The van der Waals surface area contributed by atoms with Crippen LogP contribution in [0.2, 0.25) is 0 Å². The first-order valence-corrected chi connectivity index (χ1v) is 13.3. The summed E-state index contributed by atoms with van der Waals surface area (Å²) in [4.78, 5) is 30.8. The number of rotatable bonds is 6. The van der Waals surface area contributed by atoms with Crippen LogP contribution >= 0.6 is 0 Å². The number of ketones is 1. The molecule has 1 aliphatic carbocycles. The highest BCUT2D eigenvalue weighted by molar-refractivity contribution is 6.51. The largest absolute Gasteiger partial charge is 0.507 e. The molecule has 0 aromatic heterocycles. The number of benzene rings is 3. The third-order valence-electron chi connectivity index (χ3n) is 7.68. The van der Waals surface area contributed by atoms with Crippen LogP contribution in [-0.4, -0.2) is 29.9 Å².